The number of aliphatic hydroxyl groups excluding tert-OH is 2. The van der Waals surface area contributed by atoms with Crippen molar-refractivity contribution in [3.8, 4) is 0 Å². The first-order valence-corrected chi connectivity index (χ1v) is 15.3. The van der Waals surface area contributed by atoms with E-state index in [2.05, 4.69) is 0 Å². The number of allylic oxidation sites excluding steroid dienone is 4. The van der Waals surface area contributed by atoms with Gasteiger partial charge in [-0.05, 0) is 76.4 Å². The summed E-state index contributed by atoms with van der Waals surface area (Å²) in [6, 6.07) is 0. The van der Waals surface area contributed by atoms with E-state index < -0.39 is 0 Å². The van der Waals surface area contributed by atoms with E-state index in [0.717, 1.165) is 64.2 Å². The van der Waals surface area contributed by atoms with Crippen LogP contribution in [-0.2, 0) is 9.59 Å². The van der Waals surface area contributed by atoms with Gasteiger partial charge in [0.15, 0.2) is 11.6 Å². The summed E-state index contributed by atoms with van der Waals surface area (Å²) in [4.78, 5) is 22.5. The molecule has 2 rings (SSSR count). The minimum atomic E-state index is 0.333. The summed E-state index contributed by atoms with van der Waals surface area (Å²) >= 11 is 0. The van der Waals surface area contributed by atoms with Crippen LogP contribution in [0.2, 0.25) is 0 Å². The molecule has 0 aromatic heterocycles. The Labute approximate surface area is 222 Å². The second-order valence-electron chi connectivity index (χ2n) is 10.8. The highest BCUT2D eigenvalue weighted by Gasteiger charge is 2.10. The van der Waals surface area contributed by atoms with Gasteiger partial charge in [-0.15, -0.1) is 0 Å². The van der Waals surface area contributed by atoms with Crippen molar-refractivity contribution in [1.29, 1.82) is 0 Å². The maximum absolute atomic E-state index is 11.2. The van der Waals surface area contributed by atoms with Crippen LogP contribution in [-0.4, -0.2) is 35.0 Å². The first-order valence-electron chi connectivity index (χ1n) is 15.3. The van der Waals surface area contributed by atoms with Gasteiger partial charge in [-0.25, -0.2) is 0 Å². The van der Waals surface area contributed by atoms with Crippen LogP contribution in [0.5, 0.6) is 0 Å². The molecule has 0 aromatic carbocycles. The van der Waals surface area contributed by atoms with E-state index in [1.807, 2.05) is 12.2 Å². The normalized spacial score (nSPS) is 15.8. The van der Waals surface area contributed by atoms with E-state index in [1.165, 1.54) is 101 Å². The molecule has 4 heteroatoms. The number of hydrogen-bond acceptors (Lipinski definition) is 4. The van der Waals surface area contributed by atoms with Crippen molar-refractivity contribution < 1.29 is 19.8 Å². The van der Waals surface area contributed by atoms with E-state index in [9.17, 15) is 9.59 Å². The topological polar surface area (TPSA) is 74.6 Å². The van der Waals surface area contributed by atoms with Gasteiger partial charge >= 0.3 is 0 Å². The van der Waals surface area contributed by atoms with Crippen molar-refractivity contribution in [3.05, 3.63) is 23.3 Å². The zero-order valence-corrected chi connectivity index (χ0v) is 23.3. The summed E-state index contributed by atoms with van der Waals surface area (Å²) in [5.74, 6) is 0.667. The van der Waals surface area contributed by atoms with Gasteiger partial charge in [0.2, 0.25) is 0 Å². The van der Waals surface area contributed by atoms with Crippen molar-refractivity contribution in [3.63, 3.8) is 0 Å². The Morgan fingerprint density at radius 3 is 1.06 bits per heavy atom. The summed E-state index contributed by atoms with van der Waals surface area (Å²) in [5, 5.41) is 17.3. The van der Waals surface area contributed by atoms with Crippen LogP contribution in [0.15, 0.2) is 23.3 Å². The largest absolute Gasteiger partial charge is 0.396 e. The highest BCUT2D eigenvalue weighted by atomic mass is 16.3. The fourth-order valence-electron chi connectivity index (χ4n) is 5.17. The molecule has 0 atom stereocenters. The van der Waals surface area contributed by atoms with Crippen molar-refractivity contribution in [2.75, 3.05) is 13.2 Å². The molecular formula is C32H56O4. The molecule has 0 unspecified atom stereocenters. The standard InChI is InChI=1S/2C16H28O2/c2*17-13-8-6-4-2-1-3-5-7-10-15-11-9-12-16(18)14-15/h2*14,17H,1-13H2. The molecule has 0 radical (unpaired) electrons. The molecule has 0 aliphatic heterocycles. The number of hydrogen-bond donors (Lipinski definition) is 2. The molecule has 208 valence electrons. The Hall–Kier alpha value is -1.26. The van der Waals surface area contributed by atoms with Crippen LogP contribution in [0, 0.1) is 0 Å². The number of carbonyl (C=O) groups is 2. The van der Waals surface area contributed by atoms with E-state index in [4.69, 9.17) is 10.2 Å². The summed E-state index contributed by atoms with van der Waals surface area (Å²) in [6.07, 6.45) is 31.8. The predicted molar refractivity (Wildman–Crippen MR) is 151 cm³/mol. The van der Waals surface area contributed by atoms with Crippen LogP contribution < -0.4 is 0 Å². The molecule has 0 aromatic rings. The molecule has 0 spiro atoms. The number of rotatable bonds is 20. The van der Waals surface area contributed by atoms with Gasteiger partial charge in [0.05, 0.1) is 0 Å². The van der Waals surface area contributed by atoms with Crippen molar-refractivity contribution >= 4 is 11.6 Å². The highest BCUT2D eigenvalue weighted by Crippen LogP contribution is 2.22. The lowest BCUT2D eigenvalue weighted by Gasteiger charge is -2.11. The lowest BCUT2D eigenvalue weighted by Crippen LogP contribution is -2.02. The van der Waals surface area contributed by atoms with Gasteiger partial charge in [-0.1, -0.05) is 88.2 Å². The van der Waals surface area contributed by atoms with Gasteiger partial charge in [-0.3, -0.25) is 9.59 Å². The highest BCUT2D eigenvalue weighted by molar-refractivity contribution is 5.91. The smallest absolute Gasteiger partial charge is 0.155 e. The molecule has 0 bridgehead atoms. The average Bonchev–Trinajstić information content (AvgIpc) is 2.87. The quantitative estimate of drug-likeness (QED) is 0.163. The van der Waals surface area contributed by atoms with E-state index in [0.29, 0.717) is 24.8 Å². The maximum atomic E-state index is 11.2. The molecule has 0 saturated heterocycles. The van der Waals surface area contributed by atoms with E-state index in [-0.39, 0.29) is 0 Å². The number of aliphatic hydroxyl groups is 2. The van der Waals surface area contributed by atoms with Gasteiger partial charge in [0, 0.05) is 26.1 Å². The molecule has 0 heterocycles. The third kappa shape index (κ3) is 19.9. The second-order valence-corrected chi connectivity index (χ2v) is 10.8. The minimum Gasteiger partial charge on any atom is -0.396 e. The molecule has 2 N–H and O–H groups in total. The number of carbonyl (C=O) groups excluding carboxylic acids is 2. The third-order valence-corrected chi connectivity index (χ3v) is 7.38. The Morgan fingerprint density at radius 1 is 0.444 bits per heavy atom. The molecule has 0 fully saturated rings. The second kappa shape index (κ2) is 24.1. The SMILES string of the molecule is O=C1C=C(CCCCCCCCCCO)CCC1.O=C1C=C(CCCCCCCCCCO)CCC1. The van der Waals surface area contributed by atoms with Crippen LogP contribution in [0.25, 0.3) is 0 Å². The minimum absolute atomic E-state index is 0.333. The lowest BCUT2D eigenvalue weighted by atomic mass is 9.94. The summed E-state index contributed by atoms with van der Waals surface area (Å²) in [6.45, 7) is 0.682. The molecule has 36 heavy (non-hydrogen) atoms. The van der Waals surface area contributed by atoms with E-state index >= 15 is 0 Å². The Kier molecular flexibility index (Phi) is 21.9. The van der Waals surface area contributed by atoms with Crippen LogP contribution >= 0.6 is 0 Å². The van der Waals surface area contributed by atoms with Gasteiger partial charge in [-0.2, -0.15) is 0 Å². The fraction of sp³-hybridized carbons (Fsp3) is 0.812. The van der Waals surface area contributed by atoms with Gasteiger partial charge in [0.25, 0.3) is 0 Å². The van der Waals surface area contributed by atoms with Crippen LogP contribution in [0.3, 0.4) is 0 Å². The zero-order chi connectivity index (χ0) is 26.1. The molecule has 4 nitrogen and oxygen atoms in total. The van der Waals surface area contributed by atoms with E-state index in [1.54, 1.807) is 0 Å². The maximum Gasteiger partial charge on any atom is 0.155 e. The zero-order valence-electron chi connectivity index (χ0n) is 23.3. The third-order valence-electron chi connectivity index (χ3n) is 7.38. The first-order chi connectivity index (χ1) is 17.7. The van der Waals surface area contributed by atoms with Gasteiger partial charge in [0.1, 0.15) is 0 Å². The van der Waals surface area contributed by atoms with Crippen LogP contribution in [0.4, 0.5) is 0 Å². The molecule has 0 saturated carbocycles. The predicted octanol–water partition coefficient (Wildman–Crippen LogP) is 8.34. The number of ketones is 2. The Bertz CT molecular complexity index is 566. The van der Waals surface area contributed by atoms with Crippen molar-refractivity contribution in [1.82, 2.24) is 0 Å². The first kappa shape index (κ1) is 32.8. The van der Waals surface area contributed by atoms with Gasteiger partial charge < -0.3 is 10.2 Å². The Morgan fingerprint density at radius 2 is 0.750 bits per heavy atom. The summed E-state index contributed by atoms with van der Waals surface area (Å²) in [5.41, 5.74) is 2.77. The van der Waals surface area contributed by atoms with Crippen molar-refractivity contribution in [2.24, 2.45) is 0 Å². The fourth-order valence-corrected chi connectivity index (χ4v) is 5.17. The van der Waals surface area contributed by atoms with Crippen molar-refractivity contribution in [2.45, 2.75) is 154 Å². The Balaban J connectivity index is 0.000000360. The number of unbranched alkanes of at least 4 members (excludes halogenated alkanes) is 14. The average molecular weight is 505 g/mol. The monoisotopic (exact) mass is 504 g/mol. The van der Waals surface area contributed by atoms with Crippen LogP contribution in [0.1, 0.15) is 154 Å². The lowest BCUT2D eigenvalue weighted by molar-refractivity contribution is -0.115. The molecule has 2 aliphatic carbocycles. The molecule has 2 aliphatic rings. The summed E-state index contributed by atoms with van der Waals surface area (Å²) < 4.78 is 0. The molecular weight excluding hydrogens is 448 g/mol. The molecule has 0 amide bonds. The summed E-state index contributed by atoms with van der Waals surface area (Å²) in [7, 11) is 0.